The number of hydrogen-bond donors (Lipinski definition) is 2. The van der Waals surface area contributed by atoms with Crippen LogP contribution in [0.5, 0.6) is 0 Å². The van der Waals surface area contributed by atoms with E-state index in [2.05, 4.69) is 15.6 Å². The second-order valence-corrected chi connectivity index (χ2v) is 7.37. The molecule has 1 aliphatic heterocycles. The summed E-state index contributed by atoms with van der Waals surface area (Å²) < 4.78 is 58.9. The Hall–Kier alpha value is -1.03. The normalized spacial score (nSPS) is 21.6. The highest BCUT2D eigenvalue weighted by Crippen LogP contribution is 2.19. The van der Waals surface area contributed by atoms with E-state index in [0.717, 1.165) is 6.26 Å². The van der Waals surface area contributed by atoms with Gasteiger partial charge in [0.25, 0.3) is 0 Å². The Bertz CT molecular complexity index is 465. The summed E-state index contributed by atoms with van der Waals surface area (Å²) in [5, 5.41) is 5.84. The number of nitrogens with zero attached hydrogens (tertiary/aromatic N) is 2. The summed E-state index contributed by atoms with van der Waals surface area (Å²) in [6.45, 7) is -0.0490. The third-order valence-corrected chi connectivity index (χ3v) is 3.95. The van der Waals surface area contributed by atoms with E-state index >= 15 is 0 Å². The molecule has 0 radical (unpaired) electrons. The van der Waals surface area contributed by atoms with Crippen molar-refractivity contribution >= 4 is 15.8 Å². The van der Waals surface area contributed by atoms with Crippen LogP contribution < -0.4 is 10.6 Å². The molecule has 0 aromatic rings. The summed E-state index contributed by atoms with van der Waals surface area (Å²) in [5.41, 5.74) is 0. The number of aliphatic imine (C=N–C) groups is 1. The van der Waals surface area contributed by atoms with Gasteiger partial charge in [0.1, 0.15) is 9.84 Å². The fourth-order valence-corrected chi connectivity index (χ4v) is 2.56. The Kier molecular flexibility index (Phi) is 6.26. The van der Waals surface area contributed by atoms with Gasteiger partial charge in [0.05, 0.1) is 12.3 Å². The number of alkyl halides is 3. The van der Waals surface area contributed by atoms with Gasteiger partial charge in [-0.05, 0) is 6.42 Å². The topological polar surface area (TPSA) is 73.8 Å². The number of guanidine groups is 1. The zero-order valence-corrected chi connectivity index (χ0v) is 12.9. The van der Waals surface area contributed by atoms with Gasteiger partial charge in [0, 0.05) is 39.0 Å². The van der Waals surface area contributed by atoms with E-state index < -0.39 is 22.6 Å². The molecule has 124 valence electrons. The molecule has 1 rings (SSSR count). The summed E-state index contributed by atoms with van der Waals surface area (Å²) >= 11 is 0. The molecule has 0 aliphatic carbocycles. The van der Waals surface area contributed by atoms with E-state index in [9.17, 15) is 21.6 Å². The number of rotatable bonds is 5. The molecule has 2 N–H and O–H groups in total. The molecular weight excluding hydrogens is 309 g/mol. The first-order chi connectivity index (χ1) is 9.59. The third-order valence-electron chi connectivity index (χ3n) is 3.01. The van der Waals surface area contributed by atoms with Crippen molar-refractivity contribution in [3.05, 3.63) is 0 Å². The van der Waals surface area contributed by atoms with Gasteiger partial charge in [0.2, 0.25) is 0 Å². The van der Waals surface area contributed by atoms with Crippen LogP contribution in [0, 0.1) is 0 Å². The van der Waals surface area contributed by atoms with Gasteiger partial charge in [-0.3, -0.25) is 9.89 Å². The predicted octanol–water partition coefficient (Wildman–Crippen LogP) is -0.167. The van der Waals surface area contributed by atoms with Crippen molar-refractivity contribution < 1.29 is 21.6 Å². The zero-order valence-electron chi connectivity index (χ0n) is 12.1. The van der Waals surface area contributed by atoms with Crippen molar-refractivity contribution in [1.29, 1.82) is 0 Å². The average molecular weight is 330 g/mol. The van der Waals surface area contributed by atoms with Crippen LogP contribution in [0.4, 0.5) is 13.2 Å². The molecule has 1 heterocycles. The molecule has 1 aliphatic rings. The number of halogens is 3. The van der Waals surface area contributed by atoms with Crippen LogP contribution in [0.3, 0.4) is 0 Å². The Balaban J connectivity index is 2.35. The van der Waals surface area contributed by atoms with E-state index in [0.29, 0.717) is 18.9 Å². The standard InChI is InChI=1S/C11H21F3N4O2S/c1-15-10(16-4-6-21(2,19)20)17-9-3-5-18(7-9)8-11(12,13)14/h9H,3-8H2,1-2H3,(H2,15,16,17). The Labute approximate surface area is 122 Å². The van der Waals surface area contributed by atoms with Crippen LogP contribution in [0.15, 0.2) is 4.99 Å². The lowest BCUT2D eigenvalue weighted by atomic mass is 10.3. The largest absolute Gasteiger partial charge is 0.401 e. The molecule has 1 saturated heterocycles. The molecule has 0 spiro atoms. The van der Waals surface area contributed by atoms with E-state index in [-0.39, 0.29) is 24.9 Å². The monoisotopic (exact) mass is 330 g/mol. The molecule has 0 bridgehead atoms. The molecule has 1 fully saturated rings. The lowest BCUT2D eigenvalue weighted by molar-refractivity contribution is -0.143. The summed E-state index contributed by atoms with van der Waals surface area (Å²) in [6, 6.07) is -0.128. The molecule has 10 heteroatoms. The lowest BCUT2D eigenvalue weighted by Crippen LogP contribution is -2.46. The Morgan fingerprint density at radius 2 is 2.10 bits per heavy atom. The number of likely N-dealkylation sites (tertiary alicyclic amines) is 1. The van der Waals surface area contributed by atoms with Gasteiger partial charge in [-0.1, -0.05) is 0 Å². The predicted molar refractivity (Wildman–Crippen MR) is 75.1 cm³/mol. The molecule has 0 saturated carbocycles. The van der Waals surface area contributed by atoms with Crippen LogP contribution in [0.25, 0.3) is 0 Å². The molecule has 1 atom stereocenters. The fourth-order valence-electron chi connectivity index (χ4n) is 2.09. The van der Waals surface area contributed by atoms with Crippen LogP contribution >= 0.6 is 0 Å². The molecule has 0 aromatic heterocycles. The highest BCUT2D eigenvalue weighted by Gasteiger charge is 2.34. The fraction of sp³-hybridized carbons (Fsp3) is 0.909. The second kappa shape index (κ2) is 7.30. The van der Waals surface area contributed by atoms with Crippen LogP contribution in [0.1, 0.15) is 6.42 Å². The lowest BCUT2D eigenvalue weighted by Gasteiger charge is -2.19. The molecule has 0 aromatic carbocycles. The molecule has 1 unspecified atom stereocenters. The summed E-state index contributed by atoms with van der Waals surface area (Å²) in [7, 11) is -1.54. The van der Waals surface area contributed by atoms with Crippen molar-refractivity contribution in [3.8, 4) is 0 Å². The van der Waals surface area contributed by atoms with E-state index in [4.69, 9.17) is 0 Å². The first kappa shape index (κ1) is 18.0. The maximum Gasteiger partial charge on any atom is 0.401 e. The first-order valence-electron chi connectivity index (χ1n) is 6.53. The van der Waals surface area contributed by atoms with Crippen LogP contribution in [0.2, 0.25) is 0 Å². The first-order valence-corrected chi connectivity index (χ1v) is 8.59. The van der Waals surface area contributed by atoms with Gasteiger partial charge in [-0.2, -0.15) is 13.2 Å². The number of nitrogens with one attached hydrogen (secondary N) is 2. The van der Waals surface area contributed by atoms with Gasteiger partial charge in [-0.15, -0.1) is 0 Å². The SMILES string of the molecule is CN=C(NCCS(C)(=O)=O)NC1CCN(CC(F)(F)F)C1. The number of sulfone groups is 1. The Morgan fingerprint density at radius 1 is 1.43 bits per heavy atom. The third kappa shape index (κ3) is 8.10. The Morgan fingerprint density at radius 3 is 2.62 bits per heavy atom. The molecular formula is C11H21F3N4O2S. The van der Waals surface area contributed by atoms with Crippen molar-refractivity contribution in [2.24, 2.45) is 4.99 Å². The summed E-state index contributed by atoms with van der Waals surface area (Å²) in [4.78, 5) is 5.26. The summed E-state index contributed by atoms with van der Waals surface area (Å²) in [5.74, 6) is 0.371. The van der Waals surface area contributed by atoms with Crippen molar-refractivity contribution in [2.45, 2.75) is 18.6 Å². The highest BCUT2D eigenvalue weighted by atomic mass is 32.2. The zero-order chi connectivity index (χ0) is 16.1. The van der Waals surface area contributed by atoms with E-state index in [1.807, 2.05) is 0 Å². The minimum absolute atomic E-state index is 0.0292. The molecule has 0 amide bonds. The average Bonchev–Trinajstić information content (AvgIpc) is 2.71. The second-order valence-electron chi connectivity index (χ2n) is 5.11. The minimum Gasteiger partial charge on any atom is -0.355 e. The van der Waals surface area contributed by atoms with Gasteiger partial charge < -0.3 is 10.6 Å². The molecule has 21 heavy (non-hydrogen) atoms. The van der Waals surface area contributed by atoms with Gasteiger partial charge in [0.15, 0.2) is 5.96 Å². The van der Waals surface area contributed by atoms with E-state index in [1.54, 1.807) is 0 Å². The van der Waals surface area contributed by atoms with Crippen LogP contribution in [-0.2, 0) is 9.84 Å². The van der Waals surface area contributed by atoms with Crippen molar-refractivity contribution in [1.82, 2.24) is 15.5 Å². The van der Waals surface area contributed by atoms with Gasteiger partial charge in [-0.25, -0.2) is 8.42 Å². The van der Waals surface area contributed by atoms with Crippen molar-refractivity contribution in [2.75, 3.05) is 45.2 Å². The highest BCUT2D eigenvalue weighted by molar-refractivity contribution is 7.90. The maximum absolute atomic E-state index is 12.3. The van der Waals surface area contributed by atoms with Crippen molar-refractivity contribution in [3.63, 3.8) is 0 Å². The van der Waals surface area contributed by atoms with E-state index in [1.165, 1.54) is 11.9 Å². The smallest absolute Gasteiger partial charge is 0.355 e. The molecule has 6 nitrogen and oxygen atoms in total. The van der Waals surface area contributed by atoms with Crippen LogP contribution in [-0.4, -0.2) is 76.7 Å². The quantitative estimate of drug-likeness (QED) is 0.541. The van der Waals surface area contributed by atoms with Gasteiger partial charge >= 0.3 is 6.18 Å². The number of hydrogen-bond acceptors (Lipinski definition) is 4. The maximum atomic E-state index is 12.3. The summed E-state index contributed by atoms with van der Waals surface area (Å²) in [6.07, 6.45) is -2.47. The minimum atomic E-state index is -4.19.